The van der Waals surface area contributed by atoms with Gasteiger partial charge in [0, 0.05) is 37.4 Å². The maximum Gasteiger partial charge on any atom is 0.251 e. The van der Waals surface area contributed by atoms with Gasteiger partial charge in [0.2, 0.25) is 5.91 Å². The Hall–Kier alpha value is -1.03. The van der Waals surface area contributed by atoms with Gasteiger partial charge in [-0.2, -0.15) is 11.8 Å². The van der Waals surface area contributed by atoms with Crippen LogP contribution in [0.1, 0.15) is 16.8 Å². The molecule has 1 aliphatic rings. The zero-order valence-electron chi connectivity index (χ0n) is 16.0. The predicted octanol–water partition coefficient (Wildman–Crippen LogP) is 1.61. The van der Waals surface area contributed by atoms with Crippen LogP contribution in [0.4, 0.5) is 5.69 Å². The van der Waals surface area contributed by atoms with E-state index < -0.39 is 6.04 Å². The van der Waals surface area contributed by atoms with Crippen molar-refractivity contribution in [2.75, 3.05) is 56.7 Å². The lowest BCUT2D eigenvalue weighted by Gasteiger charge is -2.26. The number of morpholine rings is 1. The Morgan fingerprint density at radius 2 is 1.86 bits per heavy atom. The molecule has 1 aromatic rings. The number of halogens is 2. The number of rotatable bonds is 9. The summed E-state index contributed by atoms with van der Waals surface area (Å²) in [5.41, 5.74) is 7.05. The standard InChI is InChI=1S/C18H28N4O3S.2ClH/c1-26-13-6-16(19)18(24)21-15-4-2-14(3-5-15)17(23)20-7-8-22-9-11-25-12-10-22;;/h2-5,16H,6-13,19H2,1H3,(H,20,23)(H,21,24);2*1H/t16-;;/m0../s1. The zero-order valence-corrected chi connectivity index (χ0v) is 18.5. The Balaban J connectivity index is 0.00000364. The van der Waals surface area contributed by atoms with Crippen molar-refractivity contribution in [2.24, 2.45) is 5.73 Å². The SMILES string of the molecule is CSCC[C@H](N)C(=O)Nc1ccc(C(=O)NCCN2CCOCC2)cc1.Cl.Cl. The van der Waals surface area contributed by atoms with Gasteiger partial charge in [-0.05, 0) is 42.7 Å². The molecule has 4 N–H and O–H groups in total. The van der Waals surface area contributed by atoms with Crippen LogP contribution in [0.2, 0.25) is 0 Å². The van der Waals surface area contributed by atoms with Gasteiger partial charge in [-0.1, -0.05) is 0 Å². The first-order chi connectivity index (χ1) is 12.6. The number of hydrogen-bond acceptors (Lipinski definition) is 6. The van der Waals surface area contributed by atoms with Crippen molar-refractivity contribution in [1.82, 2.24) is 10.2 Å². The summed E-state index contributed by atoms with van der Waals surface area (Å²) in [5.74, 6) is 0.521. The second kappa shape index (κ2) is 14.9. The number of anilines is 1. The topological polar surface area (TPSA) is 96.7 Å². The third kappa shape index (κ3) is 9.45. The van der Waals surface area contributed by atoms with E-state index in [0.29, 0.717) is 24.2 Å². The van der Waals surface area contributed by atoms with Gasteiger partial charge in [0.1, 0.15) is 0 Å². The van der Waals surface area contributed by atoms with Crippen LogP contribution in [0, 0.1) is 0 Å². The quantitative estimate of drug-likeness (QED) is 0.526. The number of carbonyl (C=O) groups is 2. The van der Waals surface area contributed by atoms with Gasteiger partial charge in [-0.25, -0.2) is 0 Å². The van der Waals surface area contributed by atoms with Crippen LogP contribution in [-0.4, -0.2) is 74.2 Å². The highest BCUT2D eigenvalue weighted by atomic mass is 35.5. The van der Waals surface area contributed by atoms with Gasteiger partial charge in [-0.3, -0.25) is 14.5 Å². The number of amides is 2. The molecule has 1 atom stereocenters. The van der Waals surface area contributed by atoms with E-state index in [2.05, 4.69) is 15.5 Å². The molecule has 0 saturated carbocycles. The predicted molar refractivity (Wildman–Crippen MR) is 120 cm³/mol. The molecular weight excluding hydrogens is 423 g/mol. The molecule has 1 heterocycles. The molecule has 1 fully saturated rings. The minimum atomic E-state index is -0.523. The highest BCUT2D eigenvalue weighted by Crippen LogP contribution is 2.11. The number of nitrogens with one attached hydrogen (secondary N) is 2. The van der Waals surface area contributed by atoms with E-state index in [9.17, 15) is 9.59 Å². The molecule has 1 aliphatic heterocycles. The molecule has 0 spiro atoms. The van der Waals surface area contributed by atoms with E-state index in [-0.39, 0.29) is 36.6 Å². The number of nitrogens with two attached hydrogens (primary N) is 1. The van der Waals surface area contributed by atoms with Crippen LogP contribution in [-0.2, 0) is 9.53 Å². The summed E-state index contributed by atoms with van der Waals surface area (Å²) in [6.45, 7) is 4.73. The molecule has 7 nitrogen and oxygen atoms in total. The number of carbonyl (C=O) groups excluding carboxylic acids is 2. The minimum Gasteiger partial charge on any atom is -0.379 e. The highest BCUT2D eigenvalue weighted by Gasteiger charge is 2.14. The van der Waals surface area contributed by atoms with Gasteiger partial charge in [0.25, 0.3) is 5.91 Å². The van der Waals surface area contributed by atoms with E-state index in [0.717, 1.165) is 38.6 Å². The normalized spacial score (nSPS) is 14.9. The lowest BCUT2D eigenvalue weighted by molar-refractivity contribution is -0.117. The molecule has 160 valence electrons. The summed E-state index contributed by atoms with van der Waals surface area (Å²) >= 11 is 1.66. The van der Waals surface area contributed by atoms with Gasteiger partial charge in [-0.15, -0.1) is 24.8 Å². The van der Waals surface area contributed by atoms with Crippen LogP contribution in [0.5, 0.6) is 0 Å². The lowest BCUT2D eigenvalue weighted by atomic mass is 10.1. The summed E-state index contributed by atoms with van der Waals surface area (Å²) in [6, 6.07) is 6.32. The van der Waals surface area contributed by atoms with E-state index in [1.54, 1.807) is 36.0 Å². The molecule has 10 heteroatoms. The van der Waals surface area contributed by atoms with Crippen LogP contribution in [0.15, 0.2) is 24.3 Å². The Morgan fingerprint density at radius 1 is 1.21 bits per heavy atom. The molecule has 0 aromatic heterocycles. The summed E-state index contributed by atoms with van der Waals surface area (Å²) in [7, 11) is 0. The molecule has 28 heavy (non-hydrogen) atoms. The molecule has 2 amide bonds. The van der Waals surface area contributed by atoms with Crippen LogP contribution >= 0.6 is 36.6 Å². The maximum absolute atomic E-state index is 12.2. The van der Waals surface area contributed by atoms with Gasteiger partial charge in [0.15, 0.2) is 0 Å². The first-order valence-electron chi connectivity index (χ1n) is 8.84. The van der Waals surface area contributed by atoms with Crippen LogP contribution in [0.3, 0.4) is 0 Å². The summed E-state index contributed by atoms with van der Waals surface area (Å²) in [5, 5.41) is 5.70. The first-order valence-corrected chi connectivity index (χ1v) is 10.2. The molecule has 2 rings (SSSR count). The summed E-state index contributed by atoms with van der Waals surface area (Å²) in [6.07, 6.45) is 2.62. The summed E-state index contributed by atoms with van der Waals surface area (Å²) in [4.78, 5) is 26.4. The smallest absolute Gasteiger partial charge is 0.251 e. The number of ether oxygens (including phenoxy) is 1. The van der Waals surface area contributed by atoms with Crippen molar-refractivity contribution in [3.05, 3.63) is 29.8 Å². The number of hydrogen-bond donors (Lipinski definition) is 3. The molecule has 1 aromatic carbocycles. The first kappa shape index (κ1) is 27.0. The maximum atomic E-state index is 12.2. The summed E-state index contributed by atoms with van der Waals surface area (Å²) < 4.78 is 5.30. The Kier molecular flexibility index (Phi) is 14.3. The zero-order chi connectivity index (χ0) is 18.8. The van der Waals surface area contributed by atoms with Crippen molar-refractivity contribution in [3.63, 3.8) is 0 Å². The van der Waals surface area contributed by atoms with Crippen molar-refractivity contribution >= 4 is 54.1 Å². The van der Waals surface area contributed by atoms with Crippen LogP contribution in [0.25, 0.3) is 0 Å². The highest BCUT2D eigenvalue weighted by molar-refractivity contribution is 7.98. The largest absolute Gasteiger partial charge is 0.379 e. The number of nitrogens with zero attached hydrogens (tertiary/aromatic N) is 1. The number of thioether (sulfide) groups is 1. The van der Waals surface area contributed by atoms with Crippen molar-refractivity contribution in [2.45, 2.75) is 12.5 Å². The fraction of sp³-hybridized carbons (Fsp3) is 0.556. The van der Waals surface area contributed by atoms with Gasteiger partial charge in [0.05, 0.1) is 19.3 Å². The average molecular weight is 453 g/mol. The van der Waals surface area contributed by atoms with Crippen LogP contribution < -0.4 is 16.4 Å². The molecule has 0 unspecified atom stereocenters. The van der Waals surface area contributed by atoms with E-state index in [4.69, 9.17) is 10.5 Å². The molecular formula is C18H30Cl2N4O3S. The van der Waals surface area contributed by atoms with E-state index in [1.807, 2.05) is 6.26 Å². The monoisotopic (exact) mass is 452 g/mol. The molecule has 0 radical (unpaired) electrons. The Morgan fingerprint density at radius 3 is 2.46 bits per heavy atom. The third-order valence-corrected chi connectivity index (χ3v) is 4.85. The molecule has 0 bridgehead atoms. The number of benzene rings is 1. The van der Waals surface area contributed by atoms with Gasteiger partial charge < -0.3 is 21.1 Å². The second-order valence-corrected chi connectivity index (χ2v) is 7.15. The third-order valence-electron chi connectivity index (χ3n) is 4.20. The Bertz CT molecular complexity index is 587. The van der Waals surface area contributed by atoms with Gasteiger partial charge >= 0.3 is 0 Å². The minimum absolute atomic E-state index is 0. The Labute approximate surface area is 183 Å². The van der Waals surface area contributed by atoms with Crippen molar-refractivity contribution in [1.29, 1.82) is 0 Å². The fourth-order valence-corrected chi connectivity index (χ4v) is 3.06. The average Bonchev–Trinajstić information content (AvgIpc) is 2.67. The second-order valence-electron chi connectivity index (χ2n) is 6.16. The molecule has 0 aliphatic carbocycles. The van der Waals surface area contributed by atoms with E-state index in [1.165, 1.54) is 0 Å². The molecule has 1 saturated heterocycles. The van der Waals surface area contributed by atoms with Crippen molar-refractivity contribution in [3.8, 4) is 0 Å². The lowest BCUT2D eigenvalue weighted by Crippen LogP contribution is -2.41. The van der Waals surface area contributed by atoms with Crippen molar-refractivity contribution < 1.29 is 14.3 Å². The fourth-order valence-electron chi connectivity index (χ4n) is 2.57. The van der Waals surface area contributed by atoms with E-state index >= 15 is 0 Å².